The van der Waals surface area contributed by atoms with Crippen molar-refractivity contribution in [3.63, 3.8) is 0 Å². The van der Waals surface area contributed by atoms with E-state index in [1.165, 1.54) is 247 Å². The molecule has 12 heteroatoms. The van der Waals surface area contributed by atoms with Gasteiger partial charge in [0.05, 0.1) is 92.0 Å². The van der Waals surface area contributed by atoms with Gasteiger partial charge in [-0.05, 0) is 203 Å². The molecule has 0 radical (unpaired) electrons. The van der Waals surface area contributed by atoms with E-state index in [0.29, 0.717) is 0 Å². The highest BCUT2D eigenvalue weighted by atomic mass is 15.2. The summed E-state index contributed by atoms with van der Waals surface area (Å²) in [5.74, 6) is 0. The van der Waals surface area contributed by atoms with Gasteiger partial charge in [-0.1, -0.05) is 146 Å². The highest BCUT2D eigenvalue weighted by molar-refractivity contribution is 6.00. The molecule has 0 amide bonds. The van der Waals surface area contributed by atoms with Crippen LogP contribution in [0.4, 0.5) is 68.2 Å². The van der Waals surface area contributed by atoms with Gasteiger partial charge in [-0.3, -0.25) is 39.9 Å². The van der Waals surface area contributed by atoms with Crippen LogP contribution in [0.25, 0.3) is 44.5 Å². The summed E-state index contributed by atoms with van der Waals surface area (Å²) in [6, 6.07) is 66.8. The van der Waals surface area contributed by atoms with Crippen molar-refractivity contribution in [2.75, 3.05) is 19.6 Å². The third-order valence-corrected chi connectivity index (χ3v) is 25.8. The summed E-state index contributed by atoms with van der Waals surface area (Å²) < 4.78 is 0. The third kappa shape index (κ3) is 9.05. The Balaban J connectivity index is 0.0000000847. The Labute approximate surface area is 647 Å². The lowest BCUT2D eigenvalue weighted by Crippen LogP contribution is -2.26. The quantitative estimate of drug-likeness (QED) is 0.144. The molecule has 0 bridgehead atoms. The maximum absolute atomic E-state index is 4.76. The van der Waals surface area contributed by atoms with Crippen LogP contribution in [0.15, 0.2) is 269 Å². The molecule has 0 atom stereocenters. The fourth-order valence-corrected chi connectivity index (χ4v) is 21.1. The minimum Gasteiger partial charge on any atom is -0.309 e. The highest BCUT2D eigenvalue weighted by Gasteiger charge is 2.42. The maximum atomic E-state index is 4.76. The van der Waals surface area contributed by atoms with Crippen molar-refractivity contribution < 1.29 is 0 Å². The average molecular weight is 1440 g/mol. The number of rotatable bonds is 0. The van der Waals surface area contributed by atoms with Crippen LogP contribution in [0.5, 0.6) is 0 Å². The summed E-state index contributed by atoms with van der Waals surface area (Å²) in [5.41, 5.74) is 59.2. The number of aromatic nitrogens is 8. The monoisotopic (exact) mass is 1440 g/mol. The fraction of sp³-hybridized carbons (Fsp3) is 0.120. The zero-order chi connectivity index (χ0) is 73.0. The van der Waals surface area contributed by atoms with Gasteiger partial charge >= 0.3 is 0 Å². The second kappa shape index (κ2) is 23.8. The smallest absolute Gasteiger partial charge is 0.0717 e. The van der Waals surface area contributed by atoms with Crippen molar-refractivity contribution in [2.45, 2.75) is 77.0 Å². The van der Waals surface area contributed by atoms with Crippen molar-refractivity contribution in [3.05, 3.63) is 403 Å². The molecule has 4 aliphatic carbocycles. The van der Waals surface area contributed by atoms with Gasteiger partial charge in [0.25, 0.3) is 0 Å². The molecular formula is C100H68N12. The number of fused-ring (bicyclic) bond motifs is 32. The van der Waals surface area contributed by atoms with E-state index in [9.17, 15) is 0 Å². The summed E-state index contributed by atoms with van der Waals surface area (Å²) in [6.45, 7) is 0. The Morgan fingerprint density at radius 3 is 0.884 bits per heavy atom. The van der Waals surface area contributed by atoms with E-state index >= 15 is 0 Å². The average Bonchev–Trinajstić information content (AvgIpc) is 1.55. The molecule has 112 heavy (non-hydrogen) atoms. The first-order valence-electron chi connectivity index (χ1n) is 39.2. The van der Waals surface area contributed by atoms with Crippen LogP contribution in [-0.2, 0) is 77.0 Å². The normalized spacial score (nSPS) is 14.6. The van der Waals surface area contributed by atoms with Crippen LogP contribution in [0, 0.1) is 0 Å². The second-order valence-electron chi connectivity index (χ2n) is 31.7. The van der Waals surface area contributed by atoms with Gasteiger partial charge < -0.3 is 19.6 Å². The number of hydrogen-bond acceptors (Lipinski definition) is 12. The zero-order valence-electron chi connectivity index (χ0n) is 61.3. The fourth-order valence-electron chi connectivity index (χ4n) is 21.1. The number of pyridine rings is 8. The van der Waals surface area contributed by atoms with Crippen LogP contribution >= 0.6 is 0 Å². The SMILES string of the molecule is c1ccc2c(c1)Cc1c-2ccc2c1N1c3ccncc3Cc3ccnc(c31)C2.c1ccc2c(c1)Cc1c-2ccc2c1N1c3ccncc3Cc3cncc(c31)C2.c1ccc2c(c1)Cc1c-2ccc2c1N1c3cnccc3Cc3cncc(c31)C2.c1ccc2c(c1)Cc1c-2ccc2c1N1c3cnccc3Cc3nccc(c31)C2. The molecule has 0 unspecified atom stereocenters. The van der Waals surface area contributed by atoms with Gasteiger partial charge in [0, 0.05) is 151 Å². The van der Waals surface area contributed by atoms with E-state index in [4.69, 9.17) is 9.97 Å². The molecule has 0 fully saturated rings. The summed E-state index contributed by atoms with van der Waals surface area (Å²) >= 11 is 0. The van der Waals surface area contributed by atoms with Crippen molar-refractivity contribution in [1.29, 1.82) is 0 Å². The maximum Gasteiger partial charge on any atom is 0.0717 e. The van der Waals surface area contributed by atoms with Crippen LogP contribution in [0.1, 0.15) is 134 Å². The van der Waals surface area contributed by atoms with Crippen LogP contribution < -0.4 is 19.6 Å². The van der Waals surface area contributed by atoms with E-state index < -0.39 is 0 Å². The molecular weight excluding hydrogens is 1370 g/mol. The first-order valence-corrected chi connectivity index (χ1v) is 39.2. The molecule has 8 aliphatic heterocycles. The molecule has 16 heterocycles. The molecule has 0 saturated heterocycles. The summed E-state index contributed by atoms with van der Waals surface area (Å²) in [7, 11) is 0. The third-order valence-electron chi connectivity index (χ3n) is 25.8. The lowest BCUT2D eigenvalue weighted by atomic mass is 9.86. The first-order chi connectivity index (χ1) is 55.5. The van der Waals surface area contributed by atoms with Gasteiger partial charge in [-0.15, -0.1) is 0 Å². The molecule has 0 N–H and O–H groups in total. The van der Waals surface area contributed by atoms with Crippen molar-refractivity contribution >= 4 is 68.2 Å². The second-order valence-corrected chi connectivity index (χ2v) is 31.7. The summed E-state index contributed by atoms with van der Waals surface area (Å²) in [6.07, 6.45) is 39.2. The molecule has 0 spiro atoms. The van der Waals surface area contributed by atoms with Crippen LogP contribution in [-0.4, -0.2) is 39.9 Å². The van der Waals surface area contributed by atoms with Gasteiger partial charge in [0.2, 0.25) is 0 Å². The molecule has 12 nitrogen and oxygen atoms in total. The van der Waals surface area contributed by atoms with E-state index in [1.54, 1.807) is 0 Å². The Bertz CT molecular complexity index is 5980. The van der Waals surface area contributed by atoms with Gasteiger partial charge in [0.1, 0.15) is 0 Å². The molecule has 8 aromatic heterocycles. The van der Waals surface area contributed by atoms with Crippen molar-refractivity contribution in [1.82, 2.24) is 39.9 Å². The predicted molar refractivity (Wildman–Crippen MR) is 442 cm³/mol. The van der Waals surface area contributed by atoms with E-state index in [-0.39, 0.29) is 0 Å². The number of nitrogens with zero attached hydrogens (tertiary/aromatic N) is 12. The minimum absolute atomic E-state index is 0.877. The molecule has 16 aromatic rings. The Morgan fingerprint density at radius 1 is 0.170 bits per heavy atom. The Hall–Kier alpha value is -13.8. The van der Waals surface area contributed by atoms with Crippen molar-refractivity contribution in [3.8, 4) is 44.5 Å². The first kappa shape index (κ1) is 62.1. The standard InChI is InChI=1S/4C25H17N3/c1-2-4-19-15(3-1)12-21-20(19)6-5-16-13-22-25-17(7-10-27-22)11-18-14-26-9-8-23(18)28(25)24(16)21;1-2-4-19-15(3-1)12-21-20(19)6-5-17-11-18-8-10-27-22-13-16-7-9-26-14-23(16)28(24(17)21)25(18)22;1-2-4-20-15(3-1)11-22-21(20)6-5-17-10-19-13-27-12-18-9-16-7-8-26-14-23(16)28(24(18)19)25(17)22;1-2-4-20-15(3-1)11-22-21(20)6-5-16-9-18-13-27-14-19-10-17-12-26-8-7-23(17)28(24(18)19)25(16)22/h2*1-10,14H,11-13H2;2*1-8,12-14H,9-11H2. The Kier molecular flexibility index (Phi) is 13.2. The highest BCUT2D eigenvalue weighted by Crippen LogP contribution is 2.60. The lowest BCUT2D eigenvalue weighted by molar-refractivity contribution is 0.947. The van der Waals surface area contributed by atoms with E-state index in [0.717, 1.165) is 77.0 Å². The number of hydrogen-bond donors (Lipinski definition) is 0. The number of anilines is 12. The Morgan fingerprint density at radius 2 is 0.455 bits per heavy atom. The molecule has 528 valence electrons. The van der Waals surface area contributed by atoms with E-state index in [1.807, 2.05) is 86.8 Å². The molecule has 8 aromatic carbocycles. The molecule has 28 rings (SSSR count). The number of benzene rings is 8. The summed E-state index contributed by atoms with van der Waals surface area (Å²) in [5, 5.41) is 0. The van der Waals surface area contributed by atoms with Crippen molar-refractivity contribution in [2.24, 2.45) is 0 Å². The van der Waals surface area contributed by atoms with Crippen LogP contribution in [0.3, 0.4) is 0 Å². The predicted octanol–water partition coefficient (Wildman–Crippen LogP) is 21.3. The van der Waals surface area contributed by atoms with Gasteiger partial charge in [-0.2, -0.15) is 0 Å². The van der Waals surface area contributed by atoms with Gasteiger partial charge in [-0.25, -0.2) is 0 Å². The molecule has 0 saturated carbocycles. The molecule has 12 aliphatic rings. The van der Waals surface area contributed by atoms with Crippen LogP contribution in [0.2, 0.25) is 0 Å². The lowest BCUT2D eigenvalue weighted by Gasteiger charge is -2.40. The largest absolute Gasteiger partial charge is 0.309 e. The van der Waals surface area contributed by atoms with E-state index in [2.05, 4.69) is 231 Å². The zero-order valence-corrected chi connectivity index (χ0v) is 61.3. The summed E-state index contributed by atoms with van der Waals surface area (Å²) in [4.78, 5) is 46.2. The topological polar surface area (TPSA) is 116 Å². The van der Waals surface area contributed by atoms with Gasteiger partial charge in [0.15, 0.2) is 0 Å². The minimum atomic E-state index is 0.877.